The van der Waals surface area contributed by atoms with E-state index in [0.717, 1.165) is 0 Å². The molecule has 1 rings (SSSR count). The maximum absolute atomic E-state index is 7.15. The van der Waals surface area contributed by atoms with Crippen molar-refractivity contribution in [1.29, 1.82) is 0 Å². The van der Waals surface area contributed by atoms with Gasteiger partial charge in [-0.15, -0.1) is 0 Å². The fourth-order valence-corrected chi connectivity index (χ4v) is 60.5. The van der Waals surface area contributed by atoms with Crippen molar-refractivity contribution in [1.82, 2.24) is 0 Å². The second-order valence-corrected chi connectivity index (χ2v) is 58.5. The van der Waals surface area contributed by atoms with Crippen LogP contribution in [0.1, 0.15) is 41.5 Å². The minimum Gasteiger partial charge on any atom is -0.426 e. The van der Waals surface area contributed by atoms with Gasteiger partial charge in [0.2, 0.25) is 0 Å². The van der Waals surface area contributed by atoms with Gasteiger partial charge in [0.1, 0.15) is 8.08 Å². The largest absolute Gasteiger partial charge is 0.472 e. The topological polar surface area (TPSA) is 27.7 Å². The Morgan fingerprint density at radius 1 is 0.885 bits per heavy atom. The van der Waals surface area contributed by atoms with Crippen molar-refractivity contribution in [3.05, 3.63) is 5.92 Å². The molecule has 1 aliphatic rings. The van der Waals surface area contributed by atoms with Crippen LogP contribution in [-0.2, 0) is 12.3 Å². The van der Waals surface area contributed by atoms with Crippen molar-refractivity contribution in [3.63, 3.8) is 0 Å². The summed E-state index contributed by atoms with van der Waals surface area (Å²) in [6.45, 7) is 28.1. The molecule has 0 aromatic carbocycles. The van der Waals surface area contributed by atoms with Crippen LogP contribution in [0.15, 0.2) is 0 Å². The van der Waals surface area contributed by atoms with E-state index in [-0.39, 0.29) is 22.5 Å². The molecule has 0 spiro atoms. The summed E-state index contributed by atoms with van der Waals surface area (Å²) in [5.74, 6) is 2.14. The van der Waals surface area contributed by atoms with E-state index >= 15 is 0 Å². The first-order chi connectivity index (χ1) is 11.5. The molecule has 1 aliphatic heterocycles. The van der Waals surface area contributed by atoms with Gasteiger partial charge < -0.3 is 12.3 Å². The lowest BCUT2D eigenvalue weighted by Gasteiger charge is -2.51. The summed E-state index contributed by atoms with van der Waals surface area (Å²) in [6, 6.07) is 0. The highest BCUT2D eigenvalue weighted by atomic mass is 30.1. The average molecular weight is 482 g/mol. The lowest BCUT2D eigenvalue weighted by molar-refractivity contribution is 0.194. The number of hydrogen-bond acceptors (Lipinski definition) is 3. The zero-order valence-corrected chi connectivity index (χ0v) is 28.0. The summed E-state index contributed by atoms with van der Waals surface area (Å²) in [5, 5.41) is 0. The van der Waals surface area contributed by atoms with Crippen LogP contribution in [0.4, 0.5) is 0 Å². The van der Waals surface area contributed by atoms with Crippen molar-refractivity contribution in [2.24, 2.45) is 11.3 Å². The van der Waals surface area contributed by atoms with Crippen LogP contribution in [0.5, 0.6) is 0 Å². The van der Waals surface area contributed by atoms with Gasteiger partial charge in [-0.2, -0.15) is 0 Å². The van der Waals surface area contributed by atoms with Crippen LogP contribution in [0.25, 0.3) is 0 Å². The monoisotopic (exact) mass is 481 g/mol. The molecule has 3 nitrogen and oxygen atoms in total. The van der Waals surface area contributed by atoms with Gasteiger partial charge >= 0.3 is 8.80 Å². The molecule has 0 N–H and O–H groups in total. The van der Waals surface area contributed by atoms with E-state index in [1.54, 1.807) is 5.92 Å². The van der Waals surface area contributed by atoms with E-state index in [2.05, 4.69) is 80.8 Å². The normalized spacial score (nSPS) is 24.0. The molecular weight excluding hydrogens is 437 g/mol. The zero-order valence-electron chi connectivity index (χ0n) is 19.6. The van der Waals surface area contributed by atoms with Gasteiger partial charge in [-0.3, -0.25) is 0 Å². The van der Waals surface area contributed by atoms with Gasteiger partial charge in [0.05, 0.1) is 0 Å². The standard InChI is InChI=1S/C16H45O3Si7/c1-13(2)14(3)16(5,6)15(4)26(18-24(7,8)9,19-25(10,11)12)17-23-21-20-22-23/h13,15,23H,20-22H2,1-12H3. The average Bonchev–Trinajstić information content (AvgIpc) is 2.37. The summed E-state index contributed by atoms with van der Waals surface area (Å²) in [7, 11) is -6.08. The zero-order chi connectivity index (χ0) is 20.6. The summed E-state index contributed by atoms with van der Waals surface area (Å²) in [4.78, 5) is 0. The van der Waals surface area contributed by atoms with E-state index in [0.29, 0.717) is 20.0 Å². The van der Waals surface area contributed by atoms with Crippen molar-refractivity contribution in [2.75, 3.05) is 0 Å². The first kappa shape index (κ1) is 25.4. The van der Waals surface area contributed by atoms with Crippen LogP contribution < -0.4 is 0 Å². The Morgan fingerprint density at radius 3 is 1.58 bits per heavy atom. The van der Waals surface area contributed by atoms with E-state index in [9.17, 15) is 0 Å². The Hall–Kier alpha value is 1.40. The molecule has 1 radical (unpaired) electrons. The maximum Gasteiger partial charge on any atom is 0.472 e. The predicted octanol–water partition coefficient (Wildman–Crippen LogP) is 2.38. The Bertz CT molecular complexity index is 440. The fourth-order valence-electron chi connectivity index (χ4n) is 3.45. The van der Waals surface area contributed by atoms with Gasteiger partial charge in [0.15, 0.2) is 16.6 Å². The van der Waals surface area contributed by atoms with Gasteiger partial charge in [-0.1, -0.05) is 41.5 Å². The minimum atomic E-state index is -2.69. The highest BCUT2D eigenvalue weighted by Gasteiger charge is 2.59. The Labute approximate surface area is 174 Å². The van der Waals surface area contributed by atoms with Gasteiger partial charge in [0.25, 0.3) is 0 Å². The molecule has 0 aromatic rings. The molecule has 155 valence electrons. The lowest BCUT2D eigenvalue weighted by Crippen LogP contribution is -2.68. The summed E-state index contributed by atoms with van der Waals surface area (Å²) >= 11 is 0. The van der Waals surface area contributed by atoms with Crippen molar-refractivity contribution >= 4 is 59.2 Å². The van der Waals surface area contributed by atoms with Crippen LogP contribution in [-0.4, -0.2) is 59.2 Å². The third-order valence-electron chi connectivity index (χ3n) is 5.78. The van der Waals surface area contributed by atoms with Gasteiger partial charge in [-0.05, 0) is 65.1 Å². The summed E-state index contributed by atoms with van der Waals surface area (Å²) < 4.78 is 21.2. The first-order valence-electron chi connectivity index (χ1n) is 10.4. The molecule has 1 fully saturated rings. The van der Waals surface area contributed by atoms with Crippen LogP contribution in [0.3, 0.4) is 0 Å². The van der Waals surface area contributed by atoms with Crippen molar-refractivity contribution in [2.45, 2.75) is 86.4 Å². The van der Waals surface area contributed by atoms with E-state index < -0.39 is 33.5 Å². The Balaban J connectivity index is 3.36. The molecule has 0 saturated carbocycles. The highest BCUT2D eigenvalue weighted by molar-refractivity contribution is 7.80. The maximum atomic E-state index is 7.15. The molecule has 1 atom stereocenters. The van der Waals surface area contributed by atoms with Crippen LogP contribution >= 0.6 is 0 Å². The smallest absolute Gasteiger partial charge is 0.426 e. The molecule has 0 bridgehead atoms. The van der Waals surface area contributed by atoms with Gasteiger partial charge in [-0.25, -0.2) is 0 Å². The molecule has 0 aromatic heterocycles. The van der Waals surface area contributed by atoms with Crippen molar-refractivity contribution < 1.29 is 12.3 Å². The SMILES string of the molecule is C[C](C(C)C)C(C)(C)C(C)[Si](O[SiH]1[SiH2][SiH2][SiH2]1)(O[Si](C)(C)C)O[Si](C)(C)C. The Morgan fingerprint density at radius 2 is 1.31 bits per heavy atom. The second kappa shape index (κ2) is 9.04. The lowest BCUT2D eigenvalue weighted by atomic mass is 9.72. The summed E-state index contributed by atoms with van der Waals surface area (Å²) in [5.41, 5.74) is 0.423. The second-order valence-electron chi connectivity index (χ2n) is 11.0. The summed E-state index contributed by atoms with van der Waals surface area (Å²) in [6.07, 6.45) is 0. The molecule has 0 aliphatic carbocycles. The molecule has 1 unspecified atom stereocenters. The Kier molecular flexibility index (Phi) is 8.84. The molecule has 0 amide bonds. The van der Waals surface area contributed by atoms with Gasteiger partial charge in [0, 0.05) is 22.7 Å². The molecule has 1 heterocycles. The first-order valence-corrected chi connectivity index (χ1v) is 34.0. The number of rotatable bonds is 10. The third-order valence-corrected chi connectivity index (χ3v) is 91.8. The van der Waals surface area contributed by atoms with E-state index in [4.69, 9.17) is 12.3 Å². The van der Waals surface area contributed by atoms with Crippen LogP contribution in [0, 0.1) is 17.3 Å². The fraction of sp³-hybridized carbons (Fsp3) is 0.938. The predicted molar refractivity (Wildman–Crippen MR) is 135 cm³/mol. The van der Waals surface area contributed by atoms with Crippen LogP contribution in [0.2, 0.25) is 44.8 Å². The third kappa shape index (κ3) is 7.02. The van der Waals surface area contributed by atoms with Crippen molar-refractivity contribution in [3.8, 4) is 0 Å². The quantitative estimate of drug-likeness (QED) is 0.448. The minimum absolute atomic E-state index is 0.0817. The van der Waals surface area contributed by atoms with E-state index in [1.807, 2.05) is 0 Å². The highest BCUT2D eigenvalue weighted by Crippen LogP contribution is 2.50. The molecular formula is C16H45O3Si7. The molecule has 10 heteroatoms. The molecule has 1 saturated heterocycles. The molecule has 26 heavy (non-hydrogen) atoms. The number of hydrogen-bond donors (Lipinski definition) is 0. The van der Waals surface area contributed by atoms with E-state index in [1.165, 1.54) is 0 Å².